The molecule has 1 aromatic rings. The Balaban J connectivity index is 2.78. The Bertz CT molecular complexity index is 438. The summed E-state index contributed by atoms with van der Waals surface area (Å²) >= 11 is 0. The molecule has 0 fully saturated rings. The Kier molecular flexibility index (Phi) is 6.54. The van der Waals surface area contributed by atoms with Gasteiger partial charge in [0.1, 0.15) is 5.75 Å². The number of hydrogen-bond acceptors (Lipinski definition) is 2. The van der Waals surface area contributed by atoms with Crippen molar-refractivity contribution in [3.05, 3.63) is 28.3 Å². The van der Waals surface area contributed by atoms with Gasteiger partial charge in [0.2, 0.25) is 0 Å². The molecule has 20 heavy (non-hydrogen) atoms. The van der Waals surface area contributed by atoms with Crippen molar-refractivity contribution >= 4 is 0 Å². The van der Waals surface area contributed by atoms with Crippen molar-refractivity contribution in [2.24, 2.45) is 11.7 Å². The van der Waals surface area contributed by atoms with E-state index in [0.717, 1.165) is 31.6 Å². The zero-order valence-corrected chi connectivity index (χ0v) is 14.0. The second kappa shape index (κ2) is 7.68. The second-order valence-electron chi connectivity index (χ2n) is 6.15. The fourth-order valence-corrected chi connectivity index (χ4v) is 2.64. The van der Waals surface area contributed by atoms with E-state index < -0.39 is 0 Å². The van der Waals surface area contributed by atoms with Crippen LogP contribution < -0.4 is 10.5 Å². The first-order chi connectivity index (χ1) is 9.38. The summed E-state index contributed by atoms with van der Waals surface area (Å²) in [7, 11) is 0. The van der Waals surface area contributed by atoms with Gasteiger partial charge in [-0.05, 0) is 81.2 Å². The van der Waals surface area contributed by atoms with Crippen LogP contribution in [0.25, 0.3) is 0 Å². The van der Waals surface area contributed by atoms with Crippen LogP contribution in [0.4, 0.5) is 0 Å². The van der Waals surface area contributed by atoms with E-state index in [1.54, 1.807) is 0 Å². The van der Waals surface area contributed by atoms with Crippen LogP contribution in [0.15, 0.2) is 6.07 Å². The van der Waals surface area contributed by atoms with Crippen molar-refractivity contribution in [2.45, 2.75) is 66.8 Å². The summed E-state index contributed by atoms with van der Waals surface area (Å²) in [5.74, 6) is 1.60. The summed E-state index contributed by atoms with van der Waals surface area (Å²) in [6.45, 7) is 13.7. The van der Waals surface area contributed by atoms with Gasteiger partial charge in [0.25, 0.3) is 0 Å². The molecule has 0 amide bonds. The lowest BCUT2D eigenvalue weighted by molar-refractivity contribution is 0.337. The first-order valence-corrected chi connectivity index (χ1v) is 7.86. The zero-order valence-electron chi connectivity index (χ0n) is 14.0. The van der Waals surface area contributed by atoms with E-state index >= 15 is 0 Å². The number of benzene rings is 1. The molecule has 2 heteroatoms. The van der Waals surface area contributed by atoms with Gasteiger partial charge in [-0.15, -0.1) is 0 Å². The van der Waals surface area contributed by atoms with Crippen LogP contribution in [0.2, 0.25) is 0 Å². The van der Waals surface area contributed by atoms with Gasteiger partial charge >= 0.3 is 0 Å². The van der Waals surface area contributed by atoms with Crippen molar-refractivity contribution in [1.82, 2.24) is 0 Å². The smallest absolute Gasteiger partial charge is 0.122 e. The van der Waals surface area contributed by atoms with Crippen molar-refractivity contribution in [3.8, 4) is 5.75 Å². The first kappa shape index (κ1) is 17.0. The molecule has 1 atom stereocenters. The number of nitrogens with two attached hydrogens (primary N) is 1. The topological polar surface area (TPSA) is 35.2 Å². The van der Waals surface area contributed by atoms with Gasteiger partial charge in [0.05, 0.1) is 6.61 Å². The highest BCUT2D eigenvalue weighted by Gasteiger charge is 2.12. The molecule has 1 aromatic carbocycles. The summed E-state index contributed by atoms with van der Waals surface area (Å²) in [5, 5.41) is 0. The summed E-state index contributed by atoms with van der Waals surface area (Å²) in [6, 6.07) is 2.50. The van der Waals surface area contributed by atoms with E-state index in [1.165, 1.54) is 22.3 Å². The number of aryl methyl sites for hydroxylation is 1. The lowest BCUT2D eigenvalue weighted by atomic mass is 9.91. The fraction of sp³-hybridized carbons (Fsp3) is 0.667. The van der Waals surface area contributed by atoms with Crippen LogP contribution in [0.3, 0.4) is 0 Å². The summed E-state index contributed by atoms with van der Waals surface area (Å²) < 4.78 is 5.71. The van der Waals surface area contributed by atoms with E-state index in [4.69, 9.17) is 10.5 Å². The van der Waals surface area contributed by atoms with Crippen LogP contribution >= 0.6 is 0 Å². The Morgan fingerprint density at radius 3 is 2.35 bits per heavy atom. The summed E-state index contributed by atoms with van der Waals surface area (Å²) in [6.07, 6.45) is 3.38. The van der Waals surface area contributed by atoms with Crippen LogP contribution in [-0.2, 0) is 6.42 Å². The van der Waals surface area contributed by atoms with Crippen LogP contribution in [0.1, 0.15) is 55.9 Å². The van der Waals surface area contributed by atoms with Gasteiger partial charge in [-0.2, -0.15) is 0 Å². The highest BCUT2D eigenvalue weighted by atomic mass is 16.5. The fourth-order valence-electron chi connectivity index (χ4n) is 2.64. The summed E-state index contributed by atoms with van der Waals surface area (Å²) in [5.41, 5.74) is 11.6. The monoisotopic (exact) mass is 277 g/mol. The van der Waals surface area contributed by atoms with Gasteiger partial charge < -0.3 is 10.5 Å². The molecule has 0 aliphatic rings. The maximum atomic E-state index is 6.13. The summed E-state index contributed by atoms with van der Waals surface area (Å²) in [4.78, 5) is 0. The van der Waals surface area contributed by atoms with Crippen LogP contribution in [0, 0.1) is 26.7 Å². The average Bonchev–Trinajstić information content (AvgIpc) is 2.39. The van der Waals surface area contributed by atoms with Gasteiger partial charge in [0, 0.05) is 6.04 Å². The average molecular weight is 277 g/mol. The molecular formula is C18H31NO. The maximum absolute atomic E-state index is 6.13. The minimum atomic E-state index is 0.319. The third-order valence-corrected chi connectivity index (χ3v) is 4.33. The van der Waals surface area contributed by atoms with Gasteiger partial charge in [-0.1, -0.05) is 13.8 Å². The molecule has 0 bridgehead atoms. The van der Waals surface area contributed by atoms with Crippen molar-refractivity contribution in [1.29, 1.82) is 0 Å². The molecule has 0 radical (unpaired) electrons. The van der Waals surface area contributed by atoms with E-state index in [9.17, 15) is 0 Å². The SMILES string of the molecule is CCOc1cc(C)c(CCCC(N)C(C)C)c(C)c1C. The zero-order chi connectivity index (χ0) is 15.3. The van der Waals surface area contributed by atoms with E-state index in [2.05, 4.69) is 40.7 Å². The Morgan fingerprint density at radius 2 is 1.80 bits per heavy atom. The Labute approximate surface area is 124 Å². The Morgan fingerprint density at radius 1 is 1.15 bits per heavy atom. The molecule has 2 nitrogen and oxygen atoms in total. The minimum absolute atomic E-state index is 0.319. The van der Waals surface area contributed by atoms with E-state index in [0.29, 0.717) is 12.0 Å². The third-order valence-electron chi connectivity index (χ3n) is 4.33. The first-order valence-electron chi connectivity index (χ1n) is 7.86. The van der Waals surface area contributed by atoms with Crippen LogP contribution in [-0.4, -0.2) is 12.6 Å². The van der Waals surface area contributed by atoms with E-state index in [1.807, 2.05) is 6.92 Å². The third kappa shape index (κ3) is 4.24. The maximum Gasteiger partial charge on any atom is 0.122 e. The second-order valence-corrected chi connectivity index (χ2v) is 6.15. The number of hydrogen-bond donors (Lipinski definition) is 1. The number of rotatable bonds is 7. The van der Waals surface area contributed by atoms with Gasteiger partial charge in [0.15, 0.2) is 0 Å². The number of ether oxygens (including phenoxy) is 1. The van der Waals surface area contributed by atoms with Gasteiger partial charge in [-0.3, -0.25) is 0 Å². The standard InChI is InChI=1S/C18H31NO/c1-7-20-18-11-13(4)16(14(5)15(18)6)9-8-10-17(19)12(2)3/h11-12,17H,7-10,19H2,1-6H3. The predicted octanol–water partition coefficient (Wildman–Crippen LogP) is 4.32. The van der Waals surface area contributed by atoms with Gasteiger partial charge in [-0.25, -0.2) is 0 Å². The molecule has 0 heterocycles. The highest BCUT2D eigenvalue weighted by Crippen LogP contribution is 2.29. The molecule has 2 N–H and O–H groups in total. The van der Waals surface area contributed by atoms with Crippen molar-refractivity contribution < 1.29 is 4.74 Å². The largest absolute Gasteiger partial charge is 0.494 e. The minimum Gasteiger partial charge on any atom is -0.494 e. The molecule has 0 aromatic heterocycles. The highest BCUT2D eigenvalue weighted by molar-refractivity contribution is 5.48. The Hall–Kier alpha value is -1.02. The molecular weight excluding hydrogens is 246 g/mol. The lowest BCUT2D eigenvalue weighted by Crippen LogP contribution is -2.26. The molecule has 1 rings (SSSR count). The molecule has 114 valence electrons. The van der Waals surface area contributed by atoms with Crippen LogP contribution in [0.5, 0.6) is 5.75 Å². The van der Waals surface area contributed by atoms with E-state index in [-0.39, 0.29) is 0 Å². The predicted molar refractivity (Wildman–Crippen MR) is 87.6 cm³/mol. The molecule has 1 unspecified atom stereocenters. The molecule has 0 aliphatic carbocycles. The quantitative estimate of drug-likeness (QED) is 0.805. The lowest BCUT2D eigenvalue weighted by Gasteiger charge is -2.19. The van der Waals surface area contributed by atoms with Crippen molar-refractivity contribution in [3.63, 3.8) is 0 Å². The molecule has 0 saturated carbocycles. The molecule has 0 saturated heterocycles. The van der Waals surface area contributed by atoms with Crippen molar-refractivity contribution in [2.75, 3.05) is 6.61 Å². The molecule has 0 spiro atoms. The molecule has 0 aliphatic heterocycles. The normalized spacial score (nSPS) is 12.8.